The fraction of sp³-hybridized carbons (Fsp3) is 0.391. The third-order valence-corrected chi connectivity index (χ3v) is 8.31. The lowest BCUT2D eigenvalue weighted by Crippen LogP contribution is -2.41. The molecule has 2 nitrogen and oxygen atoms in total. The first-order valence-electron chi connectivity index (χ1n) is 9.84. The minimum absolute atomic E-state index is 0.373. The first-order valence-corrected chi connectivity index (χ1v) is 14.1. The standard InChI is InChI=1S/C23H30BBrO2Si/c1-22(2)23(3,4)27-24(26-22)20(17-11-9-8-10-12-17)21(28(5,6)7)18-13-15-19(25)16-14-18/h8-16H,1-7H3/b21-20-. The van der Waals surface area contributed by atoms with Crippen molar-refractivity contribution in [2.45, 2.75) is 58.5 Å². The zero-order valence-corrected chi connectivity index (χ0v) is 20.6. The molecule has 0 radical (unpaired) electrons. The zero-order valence-electron chi connectivity index (χ0n) is 18.0. The van der Waals surface area contributed by atoms with Gasteiger partial charge < -0.3 is 9.31 Å². The minimum atomic E-state index is -1.75. The molecule has 0 aliphatic carbocycles. The van der Waals surface area contributed by atoms with Crippen LogP contribution < -0.4 is 0 Å². The molecular weight excluding hydrogens is 427 g/mol. The van der Waals surface area contributed by atoms with Gasteiger partial charge in [-0.05, 0) is 56.4 Å². The summed E-state index contributed by atoms with van der Waals surface area (Å²) in [5.74, 6) is 0. The fourth-order valence-electron chi connectivity index (χ4n) is 3.59. The van der Waals surface area contributed by atoms with Gasteiger partial charge in [0, 0.05) is 4.47 Å². The number of rotatable bonds is 4. The van der Waals surface area contributed by atoms with Gasteiger partial charge in [-0.25, -0.2) is 0 Å². The molecule has 3 rings (SSSR count). The highest BCUT2D eigenvalue weighted by Crippen LogP contribution is 2.44. The minimum Gasteiger partial charge on any atom is -0.399 e. The summed E-state index contributed by atoms with van der Waals surface area (Å²) in [6.45, 7) is 15.6. The molecule has 0 saturated carbocycles. The summed E-state index contributed by atoms with van der Waals surface area (Å²) < 4.78 is 14.2. The normalized spacial score (nSPS) is 19.5. The molecule has 0 bridgehead atoms. The molecule has 2 aromatic carbocycles. The highest BCUT2D eigenvalue weighted by atomic mass is 79.9. The maximum Gasteiger partial charge on any atom is 0.495 e. The molecule has 0 amide bonds. The Morgan fingerprint density at radius 1 is 0.786 bits per heavy atom. The molecule has 1 fully saturated rings. The predicted octanol–water partition coefficient (Wildman–Crippen LogP) is 6.87. The van der Waals surface area contributed by atoms with Crippen molar-refractivity contribution in [3.05, 3.63) is 70.2 Å². The Balaban J connectivity index is 2.28. The van der Waals surface area contributed by atoms with E-state index in [1.165, 1.54) is 21.8 Å². The third kappa shape index (κ3) is 4.23. The second kappa shape index (κ2) is 7.60. The van der Waals surface area contributed by atoms with Crippen LogP contribution in [0.25, 0.3) is 10.7 Å². The average Bonchev–Trinajstić information content (AvgIpc) is 2.81. The highest BCUT2D eigenvalue weighted by molar-refractivity contribution is 9.10. The summed E-state index contributed by atoms with van der Waals surface area (Å²) in [4.78, 5) is 0. The topological polar surface area (TPSA) is 18.5 Å². The van der Waals surface area contributed by atoms with Gasteiger partial charge in [-0.2, -0.15) is 0 Å². The Hall–Kier alpha value is -1.14. The van der Waals surface area contributed by atoms with Crippen molar-refractivity contribution in [3.8, 4) is 0 Å². The Bertz CT molecular complexity index is 852. The van der Waals surface area contributed by atoms with Crippen LogP contribution in [-0.4, -0.2) is 26.4 Å². The van der Waals surface area contributed by atoms with Gasteiger partial charge in [0.05, 0.1) is 19.3 Å². The van der Waals surface area contributed by atoms with Gasteiger partial charge in [0.25, 0.3) is 0 Å². The Morgan fingerprint density at radius 3 is 1.75 bits per heavy atom. The SMILES string of the molecule is CC1(C)OB(/C(=C(/c2ccc(Br)cc2)[Si](C)(C)C)c2ccccc2)OC1(C)C. The number of hydrogen-bond acceptors (Lipinski definition) is 2. The summed E-state index contributed by atoms with van der Waals surface area (Å²) in [7, 11) is -2.14. The van der Waals surface area contributed by atoms with Gasteiger partial charge >= 0.3 is 7.12 Å². The Kier molecular flexibility index (Phi) is 5.85. The van der Waals surface area contributed by atoms with E-state index in [-0.39, 0.29) is 11.2 Å². The molecule has 0 spiro atoms. The summed E-state index contributed by atoms with van der Waals surface area (Å²) in [5, 5.41) is 1.38. The first-order chi connectivity index (χ1) is 12.9. The van der Waals surface area contributed by atoms with Crippen LogP contribution in [-0.2, 0) is 9.31 Å². The Labute approximate surface area is 179 Å². The predicted molar refractivity (Wildman–Crippen MR) is 127 cm³/mol. The van der Waals surface area contributed by atoms with Crippen LogP contribution in [0, 0.1) is 0 Å². The van der Waals surface area contributed by atoms with Crippen LogP contribution in [0.15, 0.2) is 59.1 Å². The highest BCUT2D eigenvalue weighted by Gasteiger charge is 2.53. The second-order valence-electron chi connectivity index (χ2n) is 9.50. The molecule has 0 atom stereocenters. The van der Waals surface area contributed by atoms with Crippen molar-refractivity contribution >= 4 is 41.8 Å². The van der Waals surface area contributed by atoms with Gasteiger partial charge in [-0.3, -0.25) is 0 Å². The lowest BCUT2D eigenvalue weighted by atomic mass is 9.73. The molecule has 28 heavy (non-hydrogen) atoms. The zero-order chi connectivity index (χ0) is 20.7. The third-order valence-electron chi connectivity index (χ3n) is 5.73. The van der Waals surface area contributed by atoms with E-state index in [4.69, 9.17) is 9.31 Å². The van der Waals surface area contributed by atoms with Crippen molar-refractivity contribution in [1.82, 2.24) is 0 Å². The Morgan fingerprint density at radius 2 is 1.29 bits per heavy atom. The largest absolute Gasteiger partial charge is 0.495 e. The number of halogens is 1. The second-order valence-corrected chi connectivity index (χ2v) is 15.4. The molecule has 2 aromatic rings. The van der Waals surface area contributed by atoms with E-state index in [1.807, 2.05) is 0 Å². The molecule has 0 aromatic heterocycles. The molecule has 1 saturated heterocycles. The van der Waals surface area contributed by atoms with E-state index in [0.29, 0.717) is 0 Å². The molecule has 1 aliphatic rings. The average molecular weight is 457 g/mol. The summed E-state index contributed by atoms with van der Waals surface area (Å²) in [6.07, 6.45) is 0. The van der Waals surface area contributed by atoms with Gasteiger partial charge in [0.15, 0.2) is 0 Å². The summed E-state index contributed by atoms with van der Waals surface area (Å²) in [6, 6.07) is 19.2. The van der Waals surface area contributed by atoms with Crippen molar-refractivity contribution in [2.24, 2.45) is 0 Å². The van der Waals surface area contributed by atoms with Crippen LogP contribution in [0.2, 0.25) is 19.6 Å². The van der Waals surface area contributed by atoms with Crippen molar-refractivity contribution in [3.63, 3.8) is 0 Å². The van der Waals surface area contributed by atoms with Crippen LogP contribution in [0.3, 0.4) is 0 Å². The van der Waals surface area contributed by atoms with Crippen LogP contribution in [0.5, 0.6) is 0 Å². The molecule has 148 valence electrons. The van der Waals surface area contributed by atoms with E-state index >= 15 is 0 Å². The van der Waals surface area contributed by atoms with Gasteiger partial charge in [0.1, 0.15) is 0 Å². The van der Waals surface area contributed by atoms with E-state index in [9.17, 15) is 0 Å². The lowest BCUT2D eigenvalue weighted by molar-refractivity contribution is 0.00578. The van der Waals surface area contributed by atoms with Crippen LogP contribution in [0.1, 0.15) is 38.8 Å². The van der Waals surface area contributed by atoms with E-state index in [1.54, 1.807) is 0 Å². The maximum absolute atomic E-state index is 6.53. The molecular formula is C23H30BBrO2Si. The fourth-order valence-corrected chi connectivity index (χ4v) is 5.95. The van der Waals surface area contributed by atoms with Gasteiger partial charge in [-0.1, -0.05) is 83.2 Å². The molecule has 0 N–H and O–H groups in total. The smallest absolute Gasteiger partial charge is 0.399 e. The van der Waals surface area contributed by atoms with E-state index in [2.05, 4.69) is 118 Å². The van der Waals surface area contributed by atoms with Crippen molar-refractivity contribution < 1.29 is 9.31 Å². The lowest BCUT2D eigenvalue weighted by Gasteiger charge is -2.32. The summed E-state index contributed by atoms with van der Waals surface area (Å²) in [5.41, 5.74) is 2.84. The first kappa shape index (κ1) is 21.6. The molecule has 1 aliphatic heterocycles. The summed E-state index contributed by atoms with van der Waals surface area (Å²) >= 11 is 3.57. The van der Waals surface area contributed by atoms with Crippen LogP contribution in [0.4, 0.5) is 0 Å². The quantitative estimate of drug-likeness (QED) is 0.369. The van der Waals surface area contributed by atoms with Gasteiger partial charge in [-0.15, -0.1) is 0 Å². The number of hydrogen-bond donors (Lipinski definition) is 0. The van der Waals surface area contributed by atoms with Crippen molar-refractivity contribution in [2.75, 3.05) is 0 Å². The monoisotopic (exact) mass is 456 g/mol. The maximum atomic E-state index is 6.53. The molecule has 1 heterocycles. The van der Waals surface area contributed by atoms with E-state index in [0.717, 1.165) is 4.47 Å². The van der Waals surface area contributed by atoms with Crippen LogP contribution >= 0.6 is 15.9 Å². The molecule has 5 heteroatoms. The van der Waals surface area contributed by atoms with Crippen molar-refractivity contribution in [1.29, 1.82) is 0 Å². The van der Waals surface area contributed by atoms with Gasteiger partial charge in [0.2, 0.25) is 0 Å². The molecule has 0 unspecified atom stereocenters. The van der Waals surface area contributed by atoms with E-state index < -0.39 is 15.2 Å². The number of benzene rings is 2.